The molecule has 0 radical (unpaired) electrons. The Bertz CT molecular complexity index is 842. The summed E-state index contributed by atoms with van der Waals surface area (Å²) in [6.07, 6.45) is -1.12. The van der Waals surface area contributed by atoms with Crippen molar-refractivity contribution in [1.82, 2.24) is 10.6 Å². The molecule has 1 unspecified atom stereocenters. The van der Waals surface area contributed by atoms with E-state index in [1.54, 1.807) is 36.4 Å². The number of thiocarbonyl (C=S) groups is 1. The van der Waals surface area contributed by atoms with Crippen molar-refractivity contribution in [2.45, 2.75) is 9.96 Å². The fourth-order valence-corrected chi connectivity index (χ4v) is 3.52. The Labute approximate surface area is 200 Å². The van der Waals surface area contributed by atoms with E-state index in [0.717, 1.165) is 3.57 Å². The maximum atomic E-state index is 12.5. The molecule has 2 aromatic carbocycles. The number of hydrogen-bond donors (Lipinski definition) is 3. The van der Waals surface area contributed by atoms with E-state index < -0.39 is 15.9 Å². The minimum absolute atomic E-state index is 0.0595. The van der Waals surface area contributed by atoms with E-state index in [0.29, 0.717) is 21.3 Å². The molecule has 0 aliphatic heterocycles. The molecule has 0 aromatic heterocycles. The van der Waals surface area contributed by atoms with Crippen molar-refractivity contribution in [3.05, 3.63) is 61.6 Å². The largest absolute Gasteiger partial charge is 0.339 e. The van der Waals surface area contributed by atoms with Gasteiger partial charge in [0.05, 0.1) is 15.7 Å². The van der Waals surface area contributed by atoms with Crippen molar-refractivity contribution in [2.75, 3.05) is 5.32 Å². The number of carbonyl (C=O) groups is 1. The van der Waals surface area contributed by atoms with Crippen molar-refractivity contribution in [3.8, 4) is 0 Å². The third-order valence-corrected chi connectivity index (χ3v) is 5.34. The molecule has 1 atom stereocenters. The molecule has 4 nitrogen and oxygen atoms in total. The van der Waals surface area contributed by atoms with Crippen LogP contribution in [0.2, 0.25) is 10.0 Å². The van der Waals surface area contributed by atoms with Crippen molar-refractivity contribution in [3.63, 3.8) is 0 Å². The zero-order chi connectivity index (χ0) is 20.2. The van der Waals surface area contributed by atoms with Gasteiger partial charge in [-0.05, 0) is 65.1 Å². The molecule has 0 spiro atoms. The summed E-state index contributed by atoms with van der Waals surface area (Å²) < 4.78 is -0.989. The Morgan fingerprint density at radius 1 is 1.04 bits per heavy atom. The van der Waals surface area contributed by atoms with E-state index >= 15 is 0 Å². The Morgan fingerprint density at radius 3 is 2.19 bits per heavy atom. The number of amides is 1. The first-order valence-electron chi connectivity index (χ1n) is 7.22. The van der Waals surface area contributed by atoms with Gasteiger partial charge in [0.1, 0.15) is 6.17 Å². The average molecular weight is 598 g/mol. The Morgan fingerprint density at radius 2 is 1.63 bits per heavy atom. The second-order valence-electron chi connectivity index (χ2n) is 5.15. The highest BCUT2D eigenvalue weighted by Gasteiger charge is 2.35. The topological polar surface area (TPSA) is 53.2 Å². The Hall–Kier alpha value is -0.220. The SMILES string of the molecule is O=C(NC(NC(=S)Nc1c(Cl)cccc1Cl)C(Cl)(Cl)Cl)c1cccc(I)c1. The predicted octanol–water partition coefficient (Wildman–Crippen LogP) is 6.01. The highest BCUT2D eigenvalue weighted by Crippen LogP contribution is 2.31. The zero-order valence-electron chi connectivity index (χ0n) is 13.2. The number of nitrogens with one attached hydrogen (secondary N) is 3. The number of benzene rings is 2. The standard InChI is InChI=1S/C16H11Cl5IN3OS/c17-10-5-2-6-11(18)12(10)23-15(27)25-14(16(19,20)21)24-13(26)8-3-1-4-9(22)7-8/h1-7,14H,(H,24,26)(H2,23,25,27). The van der Waals surface area contributed by atoms with Gasteiger partial charge in [-0.2, -0.15) is 0 Å². The van der Waals surface area contributed by atoms with Gasteiger partial charge in [0, 0.05) is 9.13 Å². The summed E-state index contributed by atoms with van der Waals surface area (Å²) in [6.45, 7) is 0. The van der Waals surface area contributed by atoms with Crippen LogP contribution in [0.4, 0.5) is 5.69 Å². The lowest BCUT2D eigenvalue weighted by Crippen LogP contribution is -2.56. The van der Waals surface area contributed by atoms with E-state index in [2.05, 4.69) is 38.5 Å². The first kappa shape index (κ1) is 23.1. The number of hydrogen-bond acceptors (Lipinski definition) is 2. The lowest BCUT2D eigenvalue weighted by molar-refractivity contribution is 0.0934. The van der Waals surface area contributed by atoms with Crippen molar-refractivity contribution in [1.29, 1.82) is 0 Å². The molecule has 0 saturated carbocycles. The van der Waals surface area contributed by atoms with Crippen LogP contribution >= 0.6 is 92.8 Å². The number of anilines is 1. The van der Waals surface area contributed by atoms with Crippen LogP contribution in [0, 0.1) is 3.57 Å². The highest BCUT2D eigenvalue weighted by atomic mass is 127. The summed E-state index contributed by atoms with van der Waals surface area (Å²) in [5.41, 5.74) is 0.807. The third kappa shape index (κ3) is 6.96. The molecule has 11 heteroatoms. The molecule has 2 aromatic rings. The summed E-state index contributed by atoms with van der Waals surface area (Å²) >= 11 is 37.5. The molecule has 144 valence electrons. The summed E-state index contributed by atoms with van der Waals surface area (Å²) in [4.78, 5) is 12.5. The van der Waals surface area contributed by atoms with Crippen molar-refractivity contribution < 1.29 is 4.79 Å². The minimum Gasteiger partial charge on any atom is -0.339 e. The van der Waals surface area contributed by atoms with Gasteiger partial charge in [-0.1, -0.05) is 70.1 Å². The Balaban J connectivity index is 2.12. The molecule has 0 fully saturated rings. The van der Waals surface area contributed by atoms with E-state index in [9.17, 15) is 4.79 Å². The highest BCUT2D eigenvalue weighted by molar-refractivity contribution is 14.1. The quantitative estimate of drug-likeness (QED) is 0.175. The predicted molar refractivity (Wildman–Crippen MR) is 127 cm³/mol. The molecular formula is C16H11Cl5IN3OS. The summed E-state index contributed by atoms with van der Waals surface area (Å²) in [6, 6.07) is 11.9. The van der Waals surface area contributed by atoms with Crippen LogP contribution in [0.15, 0.2) is 42.5 Å². The maximum absolute atomic E-state index is 12.5. The normalized spacial score (nSPS) is 12.2. The van der Waals surface area contributed by atoms with Gasteiger partial charge in [-0.25, -0.2) is 0 Å². The molecular weight excluding hydrogens is 586 g/mol. The van der Waals surface area contributed by atoms with Crippen LogP contribution in [-0.2, 0) is 0 Å². The summed E-state index contributed by atoms with van der Waals surface area (Å²) in [7, 11) is 0. The minimum atomic E-state index is -1.88. The van der Waals surface area contributed by atoms with E-state index in [1.807, 2.05) is 6.07 Å². The van der Waals surface area contributed by atoms with Crippen LogP contribution < -0.4 is 16.0 Å². The van der Waals surface area contributed by atoms with Crippen LogP contribution in [-0.4, -0.2) is 21.0 Å². The van der Waals surface area contributed by atoms with Crippen LogP contribution in [0.25, 0.3) is 0 Å². The molecule has 3 N–H and O–H groups in total. The monoisotopic (exact) mass is 595 g/mol. The van der Waals surface area contributed by atoms with Gasteiger partial charge in [0.15, 0.2) is 5.11 Å². The van der Waals surface area contributed by atoms with E-state index in [4.69, 9.17) is 70.2 Å². The number of halogens is 6. The fraction of sp³-hybridized carbons (Fsp3) is 0.125. The number of alkyl halides is 3. The average Bonchev–Trinajstić information content (AvgIpc) is 2.57. The van der Waals surface area contributed by atoms with Gasteiger partial charge in [-0.3, -0.25) is 4.79 Å². The van der Waals surface area contributed by atoms with Crippen LogP contribution in [0.1, 0.15) is 10.4 Å². The van der Waals surface area contributed by atoms with E-state index in [1.165, 1.54) is 0 Å². The summed E-state index contributed by atoms with van der Waals surface area (Å²) in [5, 5.41) is 8.97. The van der Waals surface area contributed by atoms with E-state index in [-0.39, 0.29) is 5.11 Å². The first-order valence-corrected chi connectivity index (χ1v) is 10.6. The second kappa shape index (κ2) is 10.0. The van der Waals surface area contributed by atoms with Crippen molar-refractivity contribution >= 4 is 110 Å². The molecule has 1 amide bonds. The molecule has 2 rings (SSSR count). The third-order valence-electron chi connectivity index (χ3n) is 3.17. The molecule has 27 heavy (non-hydrogen) atoms. The summed E-state index contributed by atoms with van der Waals surface area (Å²) in [5.74, 6) is -0.434. The zero-order valence-corrected chi connectivity index (χ0v) is 20.0. The molecule has 0 heterocycles. The number of para-hydroxylation sites is 1. The van der Waals surface area contributed by atoms with Gasteiger partial charge in [0.2, 0.25) is 3.79 Å². The fourth-order valence-electron chi connectivity index (χ4n) is 1.94. The van der Waals surface area contributed by atoms with Crippen LogP contribution in [0.3, 0.4) is 0 Å². The lowest BCUT2D eigenvalue weighted by Gasteiger charge is -2.28. The number of rotatable bonds is 4. The smallest absolute Gasteiger partial charge is 0.253 e. The molecule has 0 aliphatic carbocycles. The van der Waals surface area contributed by atoms with Gasteiger partial charge in [-0.15, -0.1) is 0 Å². The lowest BCUT2D eigenvalue weighted by atomic mass is 10.2. The maximum Gasteiger partial charge on any atom is 0.253 e. The molecule has 0 saturated heterocycles. The first-order chi connectivity index (χ1) is 12.6. The molecule has 0 bridgehead atoms. The van der Waals surface area contributed by atoms with Crippen molar-refractivity contribution in [2.24, 2.45) is 0 Å². The second-order valence-corrected chi connectivity index (χ2v) is 9.99. The van der Waals surface area contributed by atoms with Gasteiger partial charge in [0.25, 0.3) is 5.91 Å². The van der Waals surface area contributed by atoms with Crippen LogP contribution in [0.5, 0.6) is 0 Å². The van der Waals surface area contributed by atoms with Gasteiger partial charge < -0.3 is 16.0 Å². The molecule has 0 aliphatic rings. The van der Waals surface area contributed by atoms with Gasteiger partial charge >= 0.3 is 0 Å². The number of carbonyl (C=O) groups excluding carboxylic acids is 1. The Kier molecular flexibility index (Phi) is 8.54.